The Balaban J connectivity index is 1.64. The Bertz CT molecular complexity index is 1850. The Morgan fingerprint density at radius 3 is 1.89 bits per heavy atom. The third-order valence-corrected chi connectivity index (χ3v) is 6.92. The van der Waals surface area contributed by atoms with E-state index in [0.29, 0.717) is 0 Å². The lowest BCUT2D eigenvalue weighted by atomic mass is 10.1. The van der Waals surface area contributed by atoms with Crippen molar-refractivity contribution in [3.8, 4) is 5.75 Å². The summed E-state index contributed by atoms with van der Waals surface area (Å²) in [6.07, 6.45) is 0. The van der Waals surface area contributed by atoms with Crippen LogP contribution >= 0.6 is 0 Å². The fraction of sp³-hybridized carbons (Fsp3) is 0. The highest BCUT2D eigenvalue weighted by Gasteiger charge is 2.17. The Labute approximate surface area is 214 Å². The average Bonchev–Trinajstić information content (AvgIpc) is 2.86. The number of benzene rings is 4. The molecule has 0 fully saturated rings. The lowest BCUT2D eigenvalue weighted by molar-refractivity contribution is 0.0697. The van der Waals surface area contributed by atoms with E-state index in [1.54, 1.807) is 0 Å². The highest BCUT2D eigenvalue weighted by molar-refractivity contribution is 7.86. The van der Waals surface area contributed by atoms with Crippen LogP contribution in [-0.2, 0) is 20.2 Å². The van der Waals surface area contributed by atoms with Gasteiger partial charge < -0.3 is 10.2 Å². The molecule has 0 spiro atoms. The van der Waals surface area contributed by atoms with Crippen molar-refractivity contribution in [2.75, 3.05) is 0 Å². The van der Waals surface area contributed by atoms with Crippen LogP contribution in [-0.4, -0.2) is 42.1 Å². The Hall–Kier alpha value is -4.57. The lowest BCUT2D eigenvalue weighted by Gasteiger charge is -2.07. The number of phenols is 1. The van der Waals surface area contributed by atoms with Crippen molar-refractivity contribution in [1.82, 2.24) is 0 Å². The van der Waals surface area contributed by atoms with Gasteiger partial charge >= 0.3 is 5.97 Å². The summed E-state index contributed by atoms with van der Waals surface area (Å²) in [5, 5.41) is 35.9. The molecule has 38 heavy (non-hydrogen) atoms. The summed E-state index contributed by atoms with van der Waals surface area (Å²) >= 11 is 0. The third-order valence-electron chi connectivity index (χ3n) is 5.14. The Morgan fingerprint density at radius 2 is 1.26 bits per heavy atom. The molecule has 194 valence electrons. The molecule has 0 atom stereocenters. The van der Waals surface area contributed by atoms with Gasteiger partial charge in [0.2, 0.25) is 0 Å². The molecule has 0 bridgehead atoms. The molecule has 0 aromatic heterocycles. The van der Waals surface area contributed by atoms with Crippen LogP contribution in [0.1, 0.15) is 10.4 Å². The number of carboxylic acids is 1. The molecule has 13 nitrogen and oxygen atoms in total. The first-order valence-electron chi connectivity index (χ1n) is 10.3. The van der Waals surface area contributed by atoms with Gasteiger partial charge in [-0.1, -0.05) is 18.2 Å². The number of aromatic carboxylic acids is 1. The van der Waals surface area contributed by atoms with E-state index in [0.717, 1.165) is 12.1 Å². The number of rotatable bonds is 7. The van der Waals surface area contributed by atoms with Crippen molar-refractivity contribution in [1.29, 1.82) is 0 Å². The van der Waals surface area contributed by atoms with E-state index in [1.807, 2.05) is 0 Å². The second-order valence-corrected chi connectivity index (χ2v) is 10.4. The zero-order chi connectivity index (χ0) is 27.7. The zero-order valence-corrected chi connectivity index (χ0v) is 20.5. The van der Waals surface area contributed by atoms with Gasteiger partial charge in [0.15, 0.2) is 5.75 Å². The smallest absolute Gasteiger partial charge is 0.338 e. The molecule has 15 heteroatoms. The summed E-state index contributed by atoms with van der Waals surface area (Å²) in [7, 11) is -8.91. The number of carboxylic acid groups (broad SMARTS) is 1. The van der Waals surface area contributed by atoms with Crippen LogP contribution in [0.3, 0.4) is 0 Å². The second kappa shape index (κ2) is 10.1. The van der Waals surface area contributed by atoms with Gasteiger partial charge in [0.1, 0.15) is 16.3 Å². The first-order chi connectivity index (χ1) is 17.8. The highest BCUT2D eigenvalue weighted by Crippen LogP contribution is 2.38. The van der Waals surface area contributed by atoms with Gasteiger partial charge in [0, 0.05) is 10.8 Å². The van der Waals surface area contributed by atoms with Gasteiger partial charge in [-0.2, -0.15) is 27.1 Å². The minimum Gasteiger partial charge on any atom is -0.505 e. The topological polar surface area (TPSA) is 216 Å². The standard InChI is InChI=1S/C23H16N4O9S2/c28-22-17-2-1-3-21(38(34,35)36)16(17)9-11-20(22)27-26-19-10-6-14(12-18(19)23(29)30)25-24-13-4-7-15(8-5-13)37(31,32)33/h1-12,28H,(H,29,30)(H,31,32,33)(H,34,35,36). The van der Waals surface area contributed by atoms with Crippen molar-refractivity contribution in [3.63, 3.8) is 0 Å². The molecule has 4 N–H and O–H groups in total. The molecule has 0 aliphatic heterocycles. The number of hydrogen-bond donors (Lipinski definition) is 4. The minimum absolute atomic E-state index is 0.0556. The van der Waals surface area contributed by atoms with E-state index in [9.17, 15) is 36.4 Å². The van der Waals surface area contributed by atoms with Gasteiger partial charge in [0.25, 0.3) is 20.2 Å². The van der Waals surface area contributed by atoms with E-state index in [-0.39, 0.29) is 44.0 Å². The quantitative estimate of drug-likeness (QED) is 0.165. The highest BCUT2D eigenvalue weighted by atomic mass is 32.2. The predicted octanol–water partition coefficient (Wildman–Crippen LogP) is 5.57. The first kappa shape index (κ1) is 26.5. The Morgan fingerprint density at radius 1 is 0.658 bits per heavy atom. The molecular weight excluding hydrogens is 540 g/mol. The zero-order valence-electron chi connectivity index (χ0n) is 18.9. The number of carbonyl (C=O) groups is 1. The van der Waals surface area contributed by atoms with Gasteiger partial charge in [-0.15, -0.1) is 10.2 Å². The van der Waals surface area contributed by atoms with Gasteiger partial charge in [-0.3, -0.25) is 9.11 Å². The maximum absolute atomic E-state index is 11.8. The molecular formula is C23H16N4O9S2. The van der Waals surface area contributed by atoms with Crippen molar-refractivity contribution < 1.29 is 40.9 Å². The predicted molar refractivity (Wildman–Crippen MR) is 133 cm³/mol. The molecule has 0 saturated heterocycles. The maximum atomic E-state index is 11.8. The monoisotopic (exact) mass is 556 g/mol. The van der Waals surface area contributed by atoms with Crippen LogP contribution in [0.2, 0.25) is 0 Å². The van der Waals surface area contributed by atoms with E-state index in [2.05, 4.69) is 20.5 Å². The molecule has 4 aromatic rings. The van der Waals surface area contributed by atoms with E-state index >= 15 is 0 Å². The normalized spacial score (nSPS) is 12.5. The number of phenolic OH excluding ortho intramolecular Hbond substituents is 1. The largest absolute Gasteiger partial charge is 0.505 e. The van der Waals surface area contributed by atoms with Crippen molar-refractivity contribution in [2.45, 2.75) is 9.79 Å². The molecule has 0 radical (unpaired) electrons. The van der Waals surface area contributed by atoms with E-state index in [1.165, 1.54) is 60.7 Å². The van der Waals surface area contributed by atoms with Crippen molar-refractivity contribution in [2.24, 2.45) is 20.5 Å². The third kappa shape index (κ3) is 5.70. The van der Waals surface area contributed by atoms with Crippen LogP contribution in [0.15, 0.2) is 103 Å². The van der Waals surface area contributed by atoms with E-state index in [4.69, 9.17) is 4.55 Å². The second-order valence-electron chi connectivity index (χ2n) is 7.64. The molecule has 4 rings (SSSR count). The minimum atomic E-state index is -4.55. The number of hydrogen-bond acceptors (Lipinski definition) is 10. The van der Waals surface area contributed by atoms with Gasteiger partial charge in [-0.05, 0) is 54.6 Å². The average molecular weight is 557 g/mol. The molecule has 4 aromatic carbocycles. The summed E-state index contributed by atoms with van der Waals surface area (Å²) in [4.78, 5) is 11.1. The summed E-state index contributed by atoms with van der Waals surface area (Å²) in [5.41, 5.74) is -0.0899. The summed E-state index contributed by atoms with van der Waals surface area (Å²) < 4.78 is 63.8. The van der Waals surface area contributed by atoms with Crippen LogP contribution in [0.5, 0.6) is 5.75 Å². The van der Waals surface area contributed by atoms with Crippen LogP contribution < -0.4 is 0 Å². The first-order valence-corrected chi connectivity index (χ1v) is 13.2. The molecule has 0 heterocycles. The number of azo groups is 2. The van der Waals surface area contributed by atoms with Gasteiger partial charge in [-0.25, -0.2) is 4.79 Å². The number of fused-ring (bicyclic) bond motifs is 1. The van der Waals surface area contributed by atoms with Crippen molar-refractivity contribution in [3.05, 3.63) is 78.4 Å². The summed E-state index contributed by atoms with van der Waals surface area (Å²) in [6.45, 7) is 0. The van der Waals surface area contributed by atoms with Crippen molar-refractivity contribution >= 4 is 59.7 Å². The van der Waals surface area contributed by atoms with Gasteiger partial charge in [0.05, 0.1) is 21.8 Å². The number of aromatic hydroxyl groups is 1. The number of nitrogens with zero attached hydrogens (tertiary/aromatic N) is 4. The van der Waals surface area contributed by atoms with E-state index < -0.39 is 36.9 Å². The Kier molecular flexibility index (Phi) is 7.01. The molecule has 0 aliphatic carbocycles. The fourth-order valence-corrected chi connectivity index (χ4v) is 4.55. The maximum Gasteiger partial charge on any atom is 0.338 e. The molecule has 0 amide bonds. The van der Waals surface area contributed by atoms with Crippen LogP contribution in [0.25, 0.3) is 10.8 Å². The van der Waals surface area contributed by atoms with Crippen LogP contribution in [0.4, 0.5) is 22.7 Å². The molecule has 0 aliphatic rings. The lowest BCUT2D eigenvalue weighted by Crippen LogP contribution is -1.98. The fourth-order valence-electron chi connectivity index (χ4n) is 3.36. The van der Waals surface area contributed by atoms with Crippen LogP contribution in [0, 0.1) is 0 Å². The SMILES string of the molecule is O=C(O)c1cc(N=Nc2ccc(S(=O)(=O)O)cc2)ccc1N=Nc1ccc2c(S(=O)(=O)O)cccc2c1O. The summed E-state index contributed by atoms with van der Waals surface area (Å²) in [6, 6.07) is 15.2. The summed E-state index contributed by atoms with van der Waals surface area (Å²) in [5.74, 6) is -1.78. The molecule has 0 unspecified atom stereocenters. The molecule has 0 saturated carbocycles.